The average Bonchev–Trinajstić information content (AvgIpc) is 2.94. The number of aryl methyl sites for hydroxylation is 1. The number of aromatic nitrogens is 1. The maximum absolute atomic E-state index is 4.72. The fourth-order valence-corrected chi connectivity index (χ4v) is 3.12. The summed E-state index contributed by atoms with van der Waals surface area (Å²) in [6.07, 6.45) is 0.880. The van der Waals surface area contributed by atoms with Gasteiger partial charge in [0.15, 0.2) is 5.96 Å². The maximum Gasteiger partial charge on any atom is 0.193 e. The van der Waals surface area contributed by atoms with E-state index in [9.17, 15) is 0 Å². The minimum Gasteiger partial charge on any atom is -0.357 e. The molecule has 0 saturated heterocycles. The van der Waals surface area contributed by atoms with Crippen LogP contribution in [-0.4, -0.2) is 36.0 Å². The van der Waals surface area contributed by atoms with Crippen LogP contribution in [0.4, 0.5) is 0 Å². The van der Waals surface area contributed by atoms with Crippen molar-refractivity contribution in [3.63, 3.8) is 0 Å². The molecule has 0 aliphatic carbocycles. The second-order valence-corrected chi connectivity index (χ2v) is 7.30. The highest BCUT2D eigenvalue weighted by Crippen LogP contribution is 2.12. The quantitative estimate of drug-likeness (QED) is 0.345. The molecule has 0 atom stereocenters. The summed E-state index contributed by atoms with van der Waals surface area (Å²) >= 11 is 5.16. The third-order valence-corrected chi connectivity index (χ3v) is 4.68. The Morgan fingerprint density at radius 1 is 1.33 bits per heavy atom. The van der Waals surface area contributed by atoms with Gasteiger partial charge in [0.1, 0.15) is 0 Å². The highest BCUT2D eigenvalue weighted by Gasteiger charge is 2.07. The maximum atomic E-state index is 4.72. The third kappa shape index (κ3) is 7.06. The van der Waals surface area contributed by atoms with Crippen LogP contribution in [0, 0.1) is 6.92 Å². The number of guanidine groups is 1. The molecular weight excluding hydrogens is 499 g/mol. The van der Waals surface area contributed by atoms with E-state index in [1.54, 1.807) is 11.3 Å². The van der Waals surface area contributed by atoms with Crippen LogP contribution in [0.3, 0.4) is 0 Å². The lowest BCUT2D eigenvalue weighted by molar-refractivity contribution is 0.477. The number of nitrogens with zero attached hydrogens (tertiary/aromatic N) is 3. The molecule has 2 rings (SSSR count). The third-order valence-electron chi connectivity index (χ3n) is 3.33. The molecule has 1 aromatic carbocycles. The van der Waals surface area contributed by atoms with Gasteiger partial charge >= 0.3 is 0 Å². The first kappa shape index (κ1) is 21.4. The summed E-state index contributed by atoms with van der Waals surface area (Å²) in [5, 5.41) is 6.58. The lowest BCUT2D eigenvalue weighted by Crippen LogP contribution is -2.38. The van der Waals surface area contributed by atoms with Gasteiger partial charge < -0.3 is 10.2 Å². The summed E-state index contributed by atoms with van der Waals surface area (Å²) in [7, 11) is 2.07. The van der Waals surface area contributed by atoms with Crippen LogP contribution in [0.5, 0.6) is 0 Å². The Kier molecular flexibility index (Phi) is 9.84. The SMILES string of the molecule is CCNC(=NCCc1csc(C)n1)N(C)Cc1ccc(Br)cc1.I. The Hall–Kier alpha value is -0.670. The summed E-state index contributed by atoms with van der Waals surface area (Å²) in [5.74, 6) is 0.933. The predicted molar refractivity (Wildman–Crippen MR) is 118 cm³/mol. The smallest absolute Gasteiger partial charge is 0.193 e. The molecule has 0 aliphatic rings. The lowest BCUT2D eigenvalue weighted by atomic mass is 10.2. The molecule has 1 N–H and O–H groups in total. The normalized spacial score (nSPS) is 11.1. The first-order chi connectivity index (χ1) is 11.1. The monoisotopic (exact) mass is 522 g/mol. The van der Waals surface area contributed by atoms with E-state index in [0.717, 1.165) is 47.2 Å². The number of halogens is 2. The van der Waals surface area contributed by atoms with Crippen LogP contribution in [-0.2, 0) is 13.0 Å². The average molecular weight is 523 g/mol. The Morgan fingerprint density at radius 3 is 2.62 bits per heavy atom. The van der Waals surface area contributed by atoms with E-state index in [-0.39, 0.29) is 24.0 Å². The first-order valence-electron chi connectivity index (χ1n) is 7.73. The molecule has 24 heavy (non-hydrogen) atoms. The van der Waals surface area contributed by atoms with Gasteiger partial charge in [-0.3, -0.25) is 4.99 Å². The molecule has 4 nitrogen and oxygen atoms in total. The molecule has 0 spiro atoms. The zero-order chi connectivity index (χ0) is 16.7. The van der Waals surface area contributed by atoms with E-state index >= 15 is 0 Å². The van der Waals surface area contributed by atoms with Crippen LogP contribution < -0.4 is 5.32 Å². The summed E-state index contributed by atoms with van der Waals surface area (Å²) in [6.45, 7) is 6.56. The van der Waals surface area contributed by atoms with Gasteiger partial charge in [-0.15, -0.1) is 35.3 Å². The Bertz CT molecular complexity index is 642. The molecule has 0 bridgehead atoms. The minimum absolute atomic E-state index is 0. The number of benzene rings is 1. The zero-order valence-corrected chi connectivity index (χ0v) is 19.0. The number of aliphatic imine (C=N–C) groups is 1. The molecule has 0 radical (unpaired) electrons. The molecule has 0 fully saturated rings. The molecule has 1 heterocycles. The van der Waals surface area contributed by atoms with Crippen molar-refractivity contribution in [3.8, 4) is 0 Å². The van der Waals surface area contributed by atoms with E-state index in [1.807, 2.05) is 6.92 Å². The number of hydrogen-bond acceptors (Lipinski definition) is 3. The van der Waals surface area contributed by atoms with Crippen molar-refractivity contribution in [3.05, 3.63) is 50.4 Å². The number of rotatable bonds is 6. The molecule has 0 unspecified atom stereocenters. The topological polar surface area (TPSA) is 40.5 Å². The lowest BCUT2D eigenvalue weighted by Gasteiger charge is -2.22. The van der Waals surface area contributed by atoms with Crippen LogP contribution in [0.25, 0.3) is 0 Å². The van der Waals surface area contributed by atoms with Crippen molar-refractivity contribution in [2.24, 2.45) is 4.99 Å². The molecule has 0 amide bonds. The van der Waals surface area contributed by atoms with Crippen LogP contribution in [0.2, 0.25) is 0 Å². The summed E-state index contributed by atoms with van der Waals surface area (Å²) < 4.78 is 1.10. The molecule has 0 saturated carbocycles. The van der Waals surface area contributed by atoms with E-state index in [4.69, 9.17) is 4.99 Å². The van der Waals surface area contributed by atoms with E-state index in [1.165, 1.54) is 5.56 Å². The number of hydrogen-bond donors (Lipinski definition) is 1. The van der Waals surface area contributed by atoms with Crippen molar-refractivity contribution < 1.29 is 0 Å². The van der Waals surface area contributed by atoms with Crippen molar-refractivity contribution in [2.45, 2.75) is 26.8 Å². The standard InChI is InChI=1S/C17H23BrN4S.HI/c1-4-19-17(20-10-9-16-12-23-13(2)21-16)22(3)11-14-5-7-15(18)8-6-14;/h5-8,12H,4,9-11H2,1-3H3,(H,19,20);1H. The fourth-order valence-electron chi connectivity index (χ4n) is 2.21. The minimum atomic E-state index is 0. The van der Waals surface area contributed by atoms with Crippen molar-refractivity contribution in [1.29, 1.82) is 0 Å². The van der Waals surface area contributed by atoms with Gasteiger partial charge in [0.2, 0.25) is 0 Å². The second kappa shape index (κ2) is 11.0. The van der Waals surface area contributed by atoms with Gasteiger partial charge in [0, 0.05) is 43.0 Å². The van der Waals surface area contributed by atoms with Gasteiger partial charge in [-0.05, 0) is 31.5 Å². The van der Waals surface area contributed by atoms with Gasteiger partial charge in [-0.2, -0.15) is 0 Å². The largest absolute Gasteiger partial charge is 0.357 e. The Balaban J connectivity index is 0.00000288. The number of nitrogens with one attached hydrogen (secondary N) is 1. The van der Waals surface area contributed by atoms with Crippen molar-refractivity contribution >= 4 is 57.2 Å². The van der Waals surface area contributed by atoms with Crippen molar-refractivity contribution in [1.82, 2.24) is 15.2 Å². The fraction of sp³-hybridized carbons (Fsp3) is 0.412. The van der Waals surface area contributed by atoms with Crippen LogP contribution in [0.15, 0.2) is 39.1 Å². The van der Waals surface area contributed by atoms with Gasteiger partial charge in [-0.25, -0.2) is 4.98 Å². The van der Waals surface area contributed by atoms with E-state index < -0.39 is 0 Å². The number of thiazole rings is 1. The predicted octanol–water partition coefficient (Wildman–Crippen LogP) is 4.47. The van der Waals surface area contributed by atoms with Gasteiger partial charge in [-0.1, -0.05) is 28.1 Å². The van der Waals surface area contributed by atoms with Gasteiger partial charge in [0.05, 0.1) is 10.7 Å². The highest BCUT2D eigenvalue weighted by atomic mass is 127. The molecular formula is C17H24BrIN4S. The summed E-state index contributed by atoms with van der Waals surface area (Å²) in [4.78, 5) is 11.4. The zero-order valence-electron chi connectivity index (χ0n) is 14.3. The van der Waals surface area contributed by atoms with E-state index in [0.29, 0.717) is 0 Å². The molecule has 0 aliphatic heterocycles. The molecule has 132 valence electrons. The van der Waals surface area contributed by atoms with Gasteiger partial charge in [0.25, 0.3) is 0 Å². The molecule has 2 aromatic rings. The van der Waals surface area contributed by atoms with Crippen LogP contribution in [0.1, 0.15) is 23.2 Å². The second-order valence-electron chi connectivity index (χ2n) is 5.33. The van der Waals surface area contributed by atoms with Crippen LogP contribution >= 0.6 is 51.2 Å². The van der Waals surface area contributed by atoms with Crippen molar-refractivity contribution in [2.75, 3.05) is 20.1 Å². The highest BCUT2D eigenvalue weighted by molar-refractivity contribution is 14.0. The Morgan fingerprint density at radius 2 is 2.04 bits per heavy atom. The molecule has 1 aromatic heterocycles. The molecule has 7 heteroatoms. The summed E-state index contributed by atoms with van der Waals surface area (Å²) in [5.41, 5.74) is 2.39. The first-order valence-corrected chi connectivity index (χ1v) is 9.40. The Labute approximate surface area is 173 Å². The van der Waals surface area contributed by atoms with E-state index in [2.05, 4.69) is 74.7 Å². The summed E-state index contributed by atoms with van der Waals surface area (Å²) in [6, 6.07) is 8.39.